The van der Waals surface area contributed by atoms with E-state index in [-0.39, 0.29) is 0 Å². The summed E-state index contributed by atoms with van der Waals surface area (Å²) in [5, 5.41) is 8.33. The smallest absolute Gasteiger partial charge is 0.161 e. The number of rotatable bonds is 6. The molecule has 1 heterocycles. The molecule has 0 radical (unpaired) electrons. The standard InChI is InChI=1S/C32H24Br2N2O3/c1-37-25-14-6-19(7-15-25)26-16-21-17-28(38-2)29(39-3)18-27(21)32-30(26)31(20-4-8-22(33)9-5-20)35-36(32)24-12-10-23(34)11-13-24/h4-18H,1-3H3. The Labute approximate surface area is 243 Å². The molecule has 0 N–H and O–H groups in total. The van der Waals surface area contributed by atoms with E-state index < -0.39 is 0 Å². The molecular weight excluding hydrogens is 620 g/mol. The first-order valence-electron chi connectivity index (χ1n) is 12.3. The number of halogens is 2. The number of fused-ring (bicyclic) bond motifs is 3. The van der Waals surface area contributed by atoms with Crippen molar-refractivity contribution in [3.63, 3.8) is 0 Å². The predicted molar refractivity (Wildman–Crippen MR) is 165 cm³/mol. The van der Waals surface area contributed by atoms with Gasteiger partial charge in [-0.15, -0.1) is 0 Å². The normalized spacial score (nSPS) is 11.2. The molecule has 39 heavy (non-hydrogen) atoms. The zero-order chi connectivity index (χ0) is 27.1. The van der Waals surface area contributed by atoms with Gasteiger partial charge in [-0.1, -0.05) is 56.1 Å². The second kappa shape index (κ2) is 10.4. The first kappa shape index (κ1) is 25.5. The number of hydrogen-bond acceptors (Lipinski definition) is 4. The van der Waals surface area contributed by atoms with Gasteiger partial charge in [0.25, 0.3) is 0 Å². The summed E-state index contributed by atoms with van der Waals surface area (Å²) >= 11 is 7.15. The molecule has 5 aromatic carbocycles. The van der Waals surface area contributed by atoms with Crippen molar-refractivity contribution in [3.8, 4) is 45.3 Å². The summed E-state index contributed by atoms with van der Waals surface area (Å²) in [5.41, 5.74) is 5.98. The second-order valence-corrected chi connectivity index (χ2v) is 10.9. The van der Waals surface area contributed by atoms with Crippen LogP contribution in [0.4, 0.5) is 0 Å². The van der Waals surface area contributed by atoms with Crippen molar-refractivity contribution in [3.05, 3.63) is 99.9 Å². The Balaban J connectivity index is 1.80. The van der Waals surface area contributed by atoms with Crippen molar-refractivity contribution in [1.29, 1.82) is 0 Å². The average molecular weight is 644 g/mol. The van der Waals surface area contributed by atoms with E-state index in [0.717, 1.165) is 64.4 Å². The van der Waals surface area contributed by atoms with E-state index >= 15 is 0 Å². The Morgan fingerprint density at radius 2 is 1.23 bits per heavy atom. The molecule has 0 aliphatic carbocycles. The quantitative estimate of drug-likeness (QED) is 0.182. The number of aromatic nitrogens is 2. The zero-order valence-corrected chi connectivity index (χ0v) is 24.7. The lowest BCUT2D eigenvalue weighted by Gasteiger charge is -2.14. The number of nitrogens with zero attached hydrogens (tertiary/aromatic N) is 2. The molecule has 1 aromatic heterocycles. The summed E-state index contributed by atoms with van der Waals surface area (Å²) in [5.74, 6) is 2.14. The number of methoxy groups -OCH3 is 3. The molecule has 0 unspecified atom stereocenters. The van der Waals surface area contributed by atoms with Gasteiger partial charge >= 0.3 is 0 Å². The fourth-order valence-corrected chi connectivity index (χ4v) is 5.47. The van der Waals surface area contributed by atoms with Gasteiger partial charge in [-0.2, -0.15) is 5.10 Å². The van der Waals surface area contributed by atoms with Crippen LogP contribution in [0.15, 0.2) is 99.9 Å². The third-order valence-corrected chi connectivity index (χ3v) is 7.91. The molecule has 0 atom stereocenters. The van der Waals surface area contributed by atoms with Gasteiger partial charge in [0.1, 0.15) is 11.4 Å². The highest BCUT2D eigenvalue weighted by Gasteiger charge is 2.22. The van der Waals surface area contributed by atoms with E-state index in [9.17, 15) is 0 Å². The van der Waals surface area contributed by atoms with Crippen molar-refractivity contribution < 1.29 is 14.2 Å². The average Bonchev–Trinajstić information content (AvgIpc) is 3.37. The molecule has 0 saturated carbocycles. The van der Waals surface area contributed by atoms with Gasteiger partial charge in [-0.05, 0) is 83.2 Å². The van der Waals surface area contributed by atoms with Crippen molar-refractivity contribution in [1.82, 2.24) is 9.78 Å². The predicted octanol–water partition coefficient (Wildman–Crippen LogP) is 9.06. The summed E-state index contributed by atoms with van der Waals surface area (Å²) in [6.07, 6.45) is 0. The minimum absolute atomic E-state index is 0.664. The van der Waals surface area contributed by atoms with Crippen LogP contribution >= 0.6 is 31.9 Å². The van der Waals surface area contributed by atoms with Crippen LogP contribution in [0.2, 0.25) is 0 Å². The van der Waals surface area contributed by atoms with Crippen LogP contribution in [0.1, 0.15) is 0 Å². The second-order valence-electron chi connectivity index (χ2n) is 9.05. The number of ether oxygens (including phenoxy) is 3. The van der Waals surface area contributed by atoms with Crippen LogP contribution in [0.5, 0.6) is 17.2 Å². The van der Waals surface area contributed by atoms with Gasteiger partial charge < -0.3 is 14.2 Å². The molecule has 6 rings (SSSR count). The molecule has 0 amide bonds. The largest absolute Gasteiger partial charge is 0.497 e. The maximum atomic E-state index is 5.72. The van der Waals surface area contributed by atoms with Crippen LogP contribution < -0.4 is 14.2 Å². The van der Waals surface area contributed by atoms with Crippen LogP contribution in [0.3, 0.4) is 0 Å². The Hall–Kier alpha value is -3.81. The summed E-state index contributed by atoms with van der Waals surface area (Å²) in [7, 11) is 4.99. The third-order valence-electron chi connectivity index (χ3n) is 6.86. The van der Waals surface area contributed by atoms with Crippen LogP contribution in [-0.4, -0.2) is 31.1 Å². The van der Waals surface area contributed by atoms with Gasteiger partial charge in [0.05, 0.1) is 32.5 Å². The molecule has 0 saturated heterocycles. The summed E-state index contributed by atoms with van der Waals surface area (Å²) in [4.78, 5) is 0. The first-order chi connectivity index (χ1) is 19.0. The van der Waals surface area contributed by atoms with E-state index in [0.29, 0.717) is 11.5 Å². The number of hydrogen-bond donors (Lipinski definition) is 0. The lowest BCUT2D eigenvalue weighted by atomic mass is 9.93. The fourth-order valence-electron chi connectivity index (χ4n) is 4.95. The Bertz CT molecular complexity index is 1810. The monoisotopic (exact) mass is 642 g/mol. The molecule has 0 fully saturated rings. The van der Waals surface area contributed by atoms with Crippen molar-refractivity contribution in [2.24, 2.45) is 0 Å². The van der Waals surface area contributed by atoms with E-state index in [1.54, 1.807) is 21.3 Å². The molecule has 0 aliphatic heterocycles. The Morgan fingerprint density at radius 3 is 1.85 bits per heavy atom. The van der Waals surface area contributed by atoms with E-state index in [1.165, 1.54) is 0 Å². The van der Waals surface area contributed by atoms with Crippen molar-refractivity contribution in [2.45, 2.75) is 0 Å². The third kappa shape index (κ3) is 4.56. The van der Waals surface area contributed by atoms with Gasteiger partial charge in [0.15, 0.2) is 11.5 Å². The van der Waals surface area contributed by atoms with Gasteiger partial charge in [0.2, 0.25) is 0 Å². The van der Waals surface area contributed by atoms with E-state index in [4.69, 9.17) is 19.3 Å². The summed E-state index contributed by atoms with van der Waals surface area (Å²) in [6.45, 7) is 0. The molecule has 0 bridgehead atoms. The molecule has 5 nitrogen and oxygen atoms in total. The SMILES string of the molecule is COc1ccc(-c2cc3cc(OC)c(OC)cc3c3c2c(-c2ccc(Br)cc2)nn3-c2ccc(Br)cc2)cc1. The summed E-state index contributed by atoms with van der Waals surface area (Å²) in [6, 6.07) is 30.9. The van der Waals surface area contributed by atoms with Crippen molar-refractivity contribution in [2.75, 3.05) is 21.3 Å². The molecule has 0 aliphatic rings. The maximum Gasteiger partial charge on any atom is 0.161 e. The van der Waals surface area contributed by atoms with Crippen LogP contribution in [0.25, 0.3) is 49.7 Å². The van der Waals surface area contributed by atoms with E-state index in [1.807, 2.05) is 53.2 Å². The summed E-state index contributed by atoms with van der Waals surface area (Å²) < 4.78 is 20.9. The van der Waals surface area contributed by atoms with Gasteiger partial charge in [-0.3, -0.25) is 0 Å². The first-order valence-corrected chi connectivity index (χ1v) is 13.9. The highest BCUT2D eigenvalue weighted by atomic mass is 79.9. The molecule has 6 aromatic rings. The lowest BCUT2D eigenvalue weighted by Crippen LogP contribution is -1.98. The topological polar surface area (TPSA) is 45.5 Å². The minimum atomic E-state index is 0.664. The highest BCUT2D eigenvalue weighted by molar-refractivity contribution is 9.10. The van der Waals surface area contributed by atoms with E-state index in [2.05, 4.69) is 74.3 Å². The highest BCUT2D eigenvalue weighted by Crippen LogP contribution is 2.44. The molecule has 194 valence electrons. The lowest BCUT2D eigenvalue weighted by molar-refractivity contribution is 0.356. The van der Waals surface area contributed by atoms with Crippen LogP contribution in [-0.2, 0) is 0 Å². The molecular formula is C32H24Br2N2O3. The maximum absolute atomic E-state index is 5.72. The van der Waals surface area contributed by atoms with Gasteiger partial charge in [0, 0.05) is 25.3 Å². The molecule has 0 spiro atoms. The Morgan fingerprint density at radius 1 is 0.641 bits per heavy atom. The Kier molecular flexibility index (Phi) is 6.79. The number of benzene rings is 5. The van der Waals surface area contributed by atoms with Gasteiger partial charge in [-0.25, -0.2) is 4.68 Å². The molecule has 7 heteroatoms. The minimum Gasteiger partial charge on any atom is -0.497 e. The fraction of sp³-hybridized carbons (Fsp3) is 0.0938. The zero-order valence-electron chi connectivity index (χ0n) is 21.5. The van der Waals surface area contributed by atoms with Crippen molar-refractivity contribution >= 4 is 53.5 Å². The van der Waals surface area contributed by atoms with Crippen LogP contribution in [0, 0.1) is 0 Å².